The molecule has 0 saturated heterocycles. The van der Waals surface area contributed by atoms with Gasteiger partial charge in [0.25, 0.3) is 0 Å². The van der Waals surface area contributed by atoms with Crippen LogP contribution in [-0.4, -0.2) is 22.1 Å². The zero-order valence-corrected chi connectivity index (χ0v) is 12.4. The Balaban J connectivity index is 0. The molecule has 0 fully saturated rings. The maximum Gasteiger partial charge on any atom is 0.178 e. The predicted molar refractivity (Wildman–Crippen MR) is 65.2 cm³/mol. The van der Waals surface area contributed by atoms with Gasteiger partial charge in [0.2, 0.25) is 0 Å². The highest BCUT2D eigenvalue weighted by molar-refractivity contribution is 6.85. The topological polar surface area (TPSA) is 40.7 Å². The van der Waals surface area contributed by atoms with Gasteiger partial charge in [0, 0.05) is 0 Å². The third-order valence-electron chi connectivity index (χ3n) is 2.37. The van der Waals surface area contributed by atoms with E-state index in [4.69, 9.17) is 4.12 Å². The van der Waals surface area contributed by atoms with Crippen LogP contribution in [0.25, 0.3) is 0 Å². The molecule has 0 bridgehead atoms. The molecule has 0 aliphatic rings. The third-order valence-corrected chi connectivity index (χ3v) is 10.5. The van der Waals surface area contributed by atoms with Crippen LogP contribution in [0.5, 0.6) is 0 Å². The lowest BCUT2D eigenvalue weighted by Gasteiger charge is -2.41. The first-order valence-electron chi connectivity index (χ1n) is 4.66. The maximum absolute atomic E-state index is 6.27. The van der Waals surface area contributed by atoms with Crippen molar-refractivity contribution in [2.75, 3.05) is 0 Å². The highest BCUT2D eigenvalue weighted by Gasteiger charge is 2.40. The Hall–Kier alpha value is 0.354. The van der Waals surface area contributed by atoms with Crippen molar-refractivity contribution in [3.8, 4) is 0 Å². The quantitative estimate of drug-likeness (QED) is 0.662. The van der Waals surface area contributed by atoms with Crippen molar-refractivity contribution in [3.05, 3.63) is 0 Å². The minimum Gasteiger partial charge on any atom is -0.455 e. The summed E-state index contributed by atoms with van der Waals surface area (Å²) in [5.41, 5.74) is 0. The molecule has 0 aliphatic carbocycles. The molecule has 0 saturated carbocycles. The van der Waals surface area contributed by atoms with E-state index < -0.39 is 16.6 Å². The fraction of sp³-hybridized carbons (Fsp3) is 1.00. The van der Waals surface area contributed by atoms with Gasteiger partial charge in [-0.15, -0.1) is 0 Å². The molecule has 0 atom stereocenters. The molecular weight excluding hydrogens is 196 g/mol. The van der Waals surface area contributed by atoms with Gasteiger partial charge in [0.15, 0.2) is 16.6 Å². The first-order chi connectivity index (χ1) is 4.96. The Morgan fingerprint density at radius 1 is 0.846 bits per heavy atom. The molecule has 0 rings (SSSR count). The van der Waals surface area contributed by atoms with Gasteiger partial charge < -0.3 is 9.59 Å². The lowest BCUT2D eigenvalue weighted by Crippen LogP contribution is -2.48. The molecule has 0 aliphatic heterocycles. The molecule has 0 radical (unpaired) electrons. The van der Waals surface area contributed by atoms with Gasteiger partial charge in [-0.1, -0.05) is 20.8 Å². The highest BCUT2D eigenvalue weighted by Crippen LogP contribution is 2.38. The molecule has 0 heterocycles. The van der Waals surface area contributed by atoms with Crippen molar-refractivity contribution in [1.82, 2.24) is 0 Å². The van der Waals surface area contributed by atoms with Crippen molar-refractivity contribution in [3.63, 3.8) is 0 Å². The molecule has 0 aromatic heterocycles. The molecule has 0 aromatic carbocycles. The number of hydrogen-bond acceptors (Lipinski definition) is 1. The van der Waals surface area contributed by atoms with Crippen LogP contribution >= 0.6 is 0 Å². The molecule has 4 heteroatoms. The molecule has 13 heavy (non-hydrogen) atoms. The smallest absolute Gasteiger partial charge is 0.178 e. The second-order valence-corrected chi connectivity index (χ2v) is 15.5. The first kappa shape index (κ1) is 15.8. The van der Waals surface area contributed by atoms with Crippen LogP contribution in [-0.2, 0) is 4.12 Å². The zero-order valence-electron chi connectivity index (χ0n) is 10.4. The monoisotopic (exact) mass is 222 g/mol. The van der Waals surface area contributed by atoms with Gasteiger partial charge in [-0.3, -0.25) is 0 Å². The summed E-state index contributed by atoms with van der Waals surface area (Å²) < 4.78 is 6.27. The Morgan fingerprint density at radius 2 is 1.15 bits per heavy atom. The average molecular weight is 222 g/mol. The SMILES string of the molecule is CC(C)(C)[Si](C)(C)O[Si](C)(C)C.O. The normalized spacial score (nSPS) is 13.8. The van der Waals surface area contributed by atoms with E-state index >= 15 is 0 Å². The van der Waals surface area contributed by atoms with E-state index in [1.807, 2.05) is 0 Å². The predicted octanol–water partition coefficient (Wildman–Crippen LogP) is 3.02. The minimum atomic E-state index is -1.48. The molecule has 0 unspecified atom stereocenters. The first-order valence-corrected chi connectivity index (χ1v) is 11.0. The van der Waals surface area contributed by atoms with Crippen LogP contribution in [0, 0.1) is 0 Å². The van der Waals surface area contributed by atoms with E-state index in [1.165, 1.54) is 0 Å². The highest BCUT2D eigenvalue weighted by atomic mass is 28.4. The van der Waals surface area contributed by atoms with E-state index in [-0.39, 0.29) is 5.48 Å². The van der Waals surface area contributed by atoms with Crippen LogP contribution in [0.15, 0.2) is 0 Å². The molecule has 0 spiro atoms. The standard InChI is InChI=1S/C9H24OSi2.H2O/c1-9(2,3)12(7,8)10-11(4,5)6;/h1-8H3;1H2. The number of rotatable bonds is 2. The molecule has 2 nitrogen and oxygen atoms in total. The summed E-state index contributed by atoms with van der Waals surface area (Å²) in [4.78, 5) is 0. The van der Waals surface area contributed by atoms with Gasteiger partial charge in [0.1, 0.15) is 0 Å². The van der Waals surface area contributed by atoms with Gasteiger partial charge in [0.05, 0.1) is 0 Å². The van der Waals surface area contributed by atoms with Crippen LogP contribution < -0.4 is 0 Å². The van der Waals surface area contributed by atoms with E-state index in [1.54, 1.807) is 0 Å². The Bertz CT molecular complexity index is 154. The Morgan fingerprint density at radius 3 is 1.23 bits per heavy atom. The summed E-state index contributed by atoms with van der Waals surface area (Å²) in [5, 5.41) is 0.354. The lowest BCUT2D eigenvalue weighted by molar-refractivity contribution is 0.491. The van der Waals surface area contributed by atoms with Crippen molar-refractivity contribution < 1.29 is 9.59 Å². The Kier molecular flexibility index (Phi) is 5.17. The summed E-state index contributed by atoms with van der Waals surface area (Å²) in [6.07, 6.45) is 0. The summed E-state index contributed by atoms with van der Waals surface area (Å²) >= 11 is 0. The maximum atomic E-state index is 6.27. The van der Waals surface area contributed by atoms with Gasteiger partial charge in [-0.05, 0) is 37.8 Å². The lowest BCUT2D eigenvalue weighted by atomic mass is 10.2. The zero-order chi connectivity index (χ0) is 10.2. The van der Waals surface area contributed by atoms with Crippen LogP contribution in [0.4, 0.5) is 0 Å². The van der Waals surface area contributed by atoms with Crippen LogP contribution in [0.2, 0.25) is 37.8 Å². The average Bonchev–Trinajstić information content (AvgIpc) is 1.52. The van der Waals surface area contributed by atoms with Gasteiger partial charge in [-0.2, -0.15) is 0 Å². The van der Waals surface area contributed by atoms with E-state index in [0.717, 1.165) is 0 Å². The second kappa shape index (κ2) is 4.25. The van der Waals surface area contributed by atoms with E-state index in [9.17, 15) is 0 Å². The minimum absolute atomic E-state index is 0. The fourth-order valence-corrected chi connectivity index (χ4v) is 8.27. The second-order valence-electron chi connectivity index (χ2n) is 5.97. The molecule has 0 amide bonds. The van der Waals surface area contributed by atoms with E-state index in [0.29, 0.717) is 5.04 Å². The third kappa shape index (κ3) is 5.62. The fourth-order valence-electron chi connectivity index (χ4n) is 0.919. The summed E-state index contributed by atoms with van der Waals surface area (Å²) in [5.74, 6) is 0. The Labute approximate surface area is 85.3 Å². The molecular formula is C9H26O2Si2. The molecule has 82 valence electrons. The van der Waals surface area contributed by atoms with Gasteiger partial charge in [-0.25, -0.2) is 0 Å². The van der Waals surface area contributed by atoms with Crippen LogP contribution in [0.3, 0.4) is 0 Å². The summed E-state index contributed by atoms with van der Waals surface area (Å²) in [6, 6.07) is 0. The van der Waals surface area contributed by atoms with Crippen LogP contribution in [0.1, 0.15) is 20.8 Å². The molecule has 2 N–H and O–H groups in total. The van der Waals surface area contributed by atoms with Crippen molar-refractivity contribution in [1.29, 1.82) is 0 Å². The largest absolute Gasteiger partial charge is 0.455 e. The van der Waals surface area contributed by atoms with E-state index in [2.05, 4.69) is 53.5 Å². The van der Waals surface area contributed by atoms with Crippen molar-refractivity contribution in [2.45, 2.75) is 58.5 Å². The summed E-state index contributed by atoms with van der Waals surface area (Å²) in [7, 11) is -2.82. The molecule has 0 aromatic rings. The summed E-state index contributed by atoms with van der Waals surface area (Å²) in [6.45, 7) is 18.3. The van der Waals surface area contributed by atoms with Crippen molar-refractivity contribution >= 4 is 16.6 Å². The number of hydrogen-bond donors (Lipinski definition) is 0. The van der Waals surface area contributed by atoms with Crippen molar-refractivity contribution in [2.24, 2.45) is 0 Å². The van der Waals surface area contributed by atoms with Gasteiger partial charge >= 0.3 is 0 Å².